The Morgan fingerprint density at radius 3 is 2.88 bits per heavy atom. The minimum atomic E-state index is 0.00809. The Balaban J connectivity index is 2.39. The topological polar surface area (TPSA) is 59.2 Å². The van der Waals surface area contributed by atoms with Crippen LogP contribution in [0.4, 0.5) is 0 Å². The van der Waals surface area contributed by atoms with Gasteiger partial charge in [-0.2, -0.15) is 0 Å². The Hall–Kier alpha value is -1.42. The van der Waals surface area contributed by atoms with E-state index in [4.69, 9.17) is 5.73 Å². The molecular formula is C13H21N3O. The maximum atomic E-state index is 11.9. The summed E-state index contributed by atoms with van der Waals surface area (Å²) in [5.41, 5.74) is 6.46. The van der Waals surface area contributed by atoms with E-state index in [1.54, 1.807) is 11.1 Å². The van der Waals surface area contributed by atoms with E-state index < -0.39 is 0 Å². The van der Waals surface area contributed by atoms with Crippen LogP contribution in [-0.2, 0) is 11.2 Å². The summed E-state index contributed by atoms with van der Waals surface area (Å²) in [5.74, 6) is 0.167. The van der Waals surface area contributed by atoms with Gasteiger partial charge in [0.25, 0.3) is 0 Å². The Morgan fingerprint density at radius 1 is 1.53 bits per heavy atom. The molecule has 0 saturated carbocycles. The van der Waals surface area contributed by atoms with E-state index in [2.05, 4.69) is 4.98 Å². The lowest BCUT2D eigenvalue weighted by molar-refractivity contribution is -0.133. The first-order valence-corrected chi connectivity index (χ1v) is 6.00. The number of nitrogens with two attached hydrogens (primary N) is 1. The fourth-order valence-electron chi connectivity index (χ4n) is 1.69. The predicted molar refractivity (Wildman–Crippen MR) is 68.4 cm³/mol. The molecule has 0 saturated heterocycles. The van der Waals surface area contributed by atoms with E-state index in [1.165, 1.54) is 0 Å². The molecule has 4 nitrogen and oxygen atoms in total. The normalized spacial score (nSPS) is 12.2. The van der Waals surface area contributed by atoms with Gasteiger partial charge in [0.15, 0.2) is 0 Å². The summed E-state index contributed by atoms with van der Waals surface area (Å²) in [6.45, 7) is 3.18. The summed E-state index contributed by atoms with van der Waals surface area (Å²) in [5, 5.41) is 0. The summed E-state index contributed by atoms with van der Waals surface area (Å²) in [6.07, 6.45) is 3.30. The molecule has 1 aromatic heterocycles. The maximum Gasteiger partial charge on any atom is 0.225 e. The minimum Gasteiger partial charge on any atom is -0.345 e. The molecule has 0 spiro atoms. The van der Waals surface area contributed by atoms with E-state index in [-0.39, 0.29) is 11.8 Å². The Labute approximate surface area is 103 Å². The number of hydrogen-bond acceptors (Lipinski definition) is 3. The molecule has 2 N–H and O–H groups in total. The van der Waals surface area contributed by atoms with Gasteiger partial charge in [0, 0.05) is 37.8 Å². The molecule has 94 valence electrons. The summed E-state index contributed by atoms with van der Waals surface area (Å²) >= 11 is 0. The number of carbonyl (C=O) groups is 1. The van der Waals surface area contributed by atoms with Gasteiger partial charge in [-0.1, -0.05) is 13.0 Å². The Kier molecular flexibility index (Phi) is 5.63. The first kappa shape index (κ1) is 13.6. The van der Waals surface area contributed by atoms with Crippen molar-refractivity contribution in [1.29, 1.82) is 0 Å². The smallest absolute Gasteiger partial charge is 0.225 e. The van der Waals surface area contributed by atoms with E-state index >= 15 is 0 Å². The molecule has 1 amide bonds. The third-order valence-electron chi connectivity index (χ3n) is 2.83. The molecule has 0 fully saturated rings. The fraction of sp³-hybridized carbons (Fsp3) is 0.538. The molecule has 1 heterocycles. The second-order valence-electron chi connectivity index (χ2n) is 4.31. The molecule has 0 radical (unpaired) electrons. The Morgan fingerprint density at radius 2 is 2.29 bits per heavy atom. The minimum absolute atomic E-state index is 0.00809. The standard InChI is InChI=1S/C13H21N3O/c1-11(6-8-14)13(17)16(2)10-7-12-5-3-4-9-15-12/h3-5,9,11H,6-8,10,14H2,1-2H3. The van der Waals surface area contributed by atoms with Crippen LogP contribution in [0.3, 0.4) is 0 Å². The third kappa shape index (κ3) is 4.53. The van der Waals surface area contributed by atoms with Crippen LogP contribution in [0, 0.1) is 5.92 Å². The van der Waals surface area contributed by atoms with Crippen molar-refractivity contribution in [2.24, 2.45) is 11.7 Å². The molecular weight excluding hydrogens is 214 g/mol. The average Bonchev–Trinajstić information content (AvgIpc) is 2.36. The molecule has 0 aromatic carbocycles. The van der Waals surface area contributed by atoms with Crippen LogP contribution < -0.4 is 5.73 Å². The first-order valence-electron chi connectivity index (χ1n) is 6.00. The van der Waals surface area contributed by atoms with Crippen molar-refractivity contribution in [3.8, 4) is 0 Å². The van der Waals surface area contributed by atoms with E-state index in [1.807, 2.05) is 32.2 Å². The number of hydrogen-bond donors (Lipinski definition) is 1. The second-order valence-corrected chi connectivity index (χ2v) is 4.31. The van der Waals surface area contributed by atoms with Crippen molar-refractivity contribution in [2.75, 3.05) is 20.1 Å². The molecule has 1 rings (SSSR count). The van der Waals surface area contributed by atoms with Gasteiger partial charge in [0.2, 0.25) is 5.91 Å². The molecule has 0 aliphatic carbocycles. The van der Waals surface area contributed by atoms with Crippen LogP contribution in [0.15, 0.2) is 24.4 Å². The summed E-state index contributed by atoms with van der Waals surface area (Å²) < 4.78 is 0. The fourth-order valence-corrected chi connectivity index (χ4v) is 1.69. The van der Waals surface area contributed by atoms with Gasteiger partial charge in [0.05, 0.1) is 0 Å². The van der Waals surface area contributed by atoms with Crippen molar-refractivity contribution in [1.82, 2.24) is 9.88 Å². The lowest BCUT2D eigenvalue weighted by Crippen LogP contribution is -2.34. The summed E-state index contributed by atoms with van der Waals surface area (Å²) in [6, 6.07) is 5.82. The van der Waals surface area contributed by atoms with Gasteiger partial charge in [-0.15, -0.1) is 0 Å². The number of carbonyl (C=O) groups excluding carboxylic acids is 1. The molecule has 4 heteroatoms. The zero-order valence-electron chi connectivity index (χ0n) is 10.6. The van der Waals surface area contributed by atoms with Gasteiger partial charge in [0.1, 0.15) is 0 Å². The molecule has 1 atom stereocenters. The van der Waals surface area contributed by atoms with Gasteiger partial charge in [-0.25, -0.2) is 0 Å². The number of pyridine rings is 1. The second kappa shape index (κ2) is 7.01. The Bertz CT molecular complexity index is 340. The number of rotatable bonds is 6. The zero-order valence-corrected chi connectivity index (χ0v) is 10.6. The number of likely N-dealkylation sites (N-methyl/N-ethyl adjacent to an activating group) is 1. The lowest BCUT2D eigenvalue weighted by Gasteiger charge is -2.20. The highest BCUT2D eigenvalue weighted by Crippen LogP contribution is 2.06. The van der Waals surface area contributed by atoms with Gasteiger partial charge in [-0.3, -0.25) is 9.78 Å². The van der Waals surface area contributed by atoms with E-state index in [0.29, 0.717) is 13.1 Å². The average molecular weight is 235 g/mol. The van der Waals surface area contributed by atoms with Crippen LogP contribution in [0.5, 0.6) is 0 Å². The van der Waals surface area contributed by atoms with Crippen molar-refractivity contribution in [2.45, 2.75) is 19.8 Å². The van der Waals surface area contributed by atoms with E-state index in [9.17, 15) is 4.79 Å². The lowest BCUT2D eigenvalue weighted by atomic mass is 10.1. The van der Waals surface area contributed by atoms with Crippen molar-refractivity contribution >= 4 is 5.91 Å². The van der Waals surface area contributed by atoms with Crippen molar-refractivity contribution in [3.05, 3.63) is 30.1 Å². The van der Waals surface area contributed by atoms with Crippen LogP contribution in [0.2, 0.25) is 0 Å². The molecule has 0 aliphatic heterocycles. The molecule has 1 unspecified atom stereocenters. The van der Waals surface area contributed by atoms with Crippen LogP contribution >= 0.6 is 0 Å². The third-order valence-corrected chi connectivity index (χ3v) is 2.83. The molecule has 0 aliphatic rings. The quantitative estimate of drug-likeness (QED) is 0.802. The van der Waals surface area contributed by atoms with Crippen molar-refractivity contribution in [3.63, 3.8) is 0 Å². The number of amides is 1. The molecule has 1 aromatic rings. The van der Waals surface area contributed by atoms with Crippen LogP contribution in [0.1, 0.15) is 19.0 Å². The van der Waals surface area contributed by atoms with Gasteiger partial charge < -0.3 is 10.6 Å². The maximum absolute atomic E-state index is 11.9. The summed E-state index contributed by atoms with van der Waals surface area (Å²) in [4.78, 5) is 17.9. The van der Waals surface area contributed by atoms with E-state index in [0.717, 1.165) is 18.5 Å². The predicted octanol–water partition coefficient (Wildman–Crippen LogP) is 1.07. The first-order chi connectivity index (χ1) is 8.15. The summed E-state index contributed by atoms with van der Waals surface area (Å²) in [7, 11) is 1.83. The highest BCUT2D eigenvalue weighted by Gasteiger charge is 2.16. The van der Waals surface area contributed by atoms with Crippen molar-refractivity contribution < 1.29 is 4.79 Å². The number of aromatic nitrogens is 1. The monoisotopic (exact) mass is 235 g/mol. The number of nitrogens with zero attached hydrogens (tertiary/aromatic N) is 2. The molecule has 17 heavy (non-hydrogen) atoms. The SMILES string of the molecule is CC(CCN)C(=O)N(C)CCc1ccccn1. The van der Waals surface area contributed by atoms with Gasteiger partial charge >= 0.3 is 0 Å². The highest BCUT2D eigenvalue weighted by atomic mass is 16.2. The van der Waals surface area contributed by atoms with Crippen LogP contribution in [0.25, 0.3) is 0 Å². The zero-order chi connectivity index (χ0) is 12.7. The molecule has 0 bridgehead atoms. The largest absolute Gasteiger partial charge is 0.345 e. The van der Waals surface area contributed by atoms with Gasteiger partial charge in [-0.05, 0) is 25.1 Å². The van der Waals surface area contributed by atoms with Crippen LogP contribution in [-0.4, -0.2) is 35.9 Å². The highest BCUT2D eigenvalue weighted by molar-refractivity contribution is 5.78.